The summed E-state index contributed by atoms with van der Waals surface area (Å²) in [6, 6.07) is 6.00. The van der Waals surface area contributed by atoms with Gasteiger partial charge < -0.3 is 14.9 Å². The second-order valence-corrected chi connectivity index (χ2v) is 6.26. The minimum absolute atomic E-state index is 0.0191. The number of rotatable bonds is 2. The maximum Gasteiger partial charge on any atom is 0.267 e. The summed E-state index contributed by atoms with van der Waals surface area (Å²) in [5, 5.41) is 8.11. The lowest BCUT2D eigenvalue weighted by atomic mass is 10.1. The van der Waals surface area contributed by atoms with E-state index in [1.807, 2.05) is 42.3 Å². The van der Waals surface area contributed by atoms with Crippen LogP contribution in [0.5, 0.6) is 0 Å². The lowest BCUT2D eigenvalue weighted by molar-refractivity contribution is 0.0928. The van der Waals surface area contributed by atoms with Gasteiger partial charge in [-0.1, -0.05) is 0 Å². The molecule has 0 aromatic carbocycles. The molecule has 0 bridgehead atoms. The number of aromatic nitrogens is 5. The Hall–Kier alpha value is -3.35. The van der Waals surface area contributed by atoms with Gasteiger partial charge in [-0.15, -0.1) is 0 Å². The smallest absolute Gasteiger partial charge is 0.267 e. The molecule has 1 aliphatic heterocycles. The highest BCUT2D eigenvalue weighted by Crippen LogP contribution is 2.31. The van der Waals surface area contributed by atoms with Gasteiger partial charge in [-0.2, -0.15) is 5.10 Å². The number of H-pyrrole nitrogens is 1. The number of fused-ring (bicyclic) bond motifs is 2. The first-order valence-electron chi connectivity index (χ1n) is 8.15. The van der Waals surface area contributed by atoms with E-state index in [-0.39, 0.29) is 5.91 Å². The number of carbonyl (C=O) groups is 1. The number of amides is 1. The number of pyridine rings is 1. The zero-order valence-corrected chi connectivity index (χ0v) is 13.7. The van der Waals surface area contributed by atoms with Crippen LogP contribution in [0, 0.1) is 0 Å². The van der Waals surface area contributed by atoms with Crippen LogP contribution in [-0.2, 0) is 13.6 Å². The Morgan fingerprint density at radius 3 is 2.92 bits per heavy atom. The van der Waals surface area contributed by atoms with Crippen molar-refractivity contribution in [2.24, 2.45) is 7.05 Å². The van der Waals surface area contributed by atoms with E-state index in [4.69, 9.17) is 4.98 Å². The van der Waals surface area contributed by atoms with Crippen LogP contribution in [0.15, 0.2) is 43.0 Å². The fraction of sp³-hybridized carbons (Fsp3) is 0.167. The van der Waals surface area contributed by atoms with Gasteiger partial charge >= 0.3 is 0 Å². The van der Waals surface area contributed by atoms with Gasteiger partial charge in [0.1, 0.15) is 11.3 Å². The summed E-state index contributed by atoms with van der Waals surface area (Å²) < 4.78 is 3.77. The van der Waals surface area contributed by atoms with Gasteiger partial charge in [-0.3, -0.25) is 9.48 Å². The molecular weight excluding hydrogens is 316 g/mol. The largest absolute Gasteiger partial charge is 0.349 e. The van der Waals surface area contributed by atoms with Crippen LogP contribution in [0.2, 0.25) is 0 Å². The highest BCUT2D eigenvalue weighted by Gasteiger charge is 2.19. The summed E-state index contributed by atoms with van der Waals surface area (Å²) in [6.07, 6.45) is 7.73. The maximum atomic E-state index is 12.0. The number of nitrogens with one attached hydrogen (secondary N) is 2. The fourth-order valence-corrected chi connectivity index (χ4v) is 3.37. The Kier molecular flexibility index (Phi) is 2.85. The molecule has 7 heteroatoms. The standard InChI is InChI=1S/C18H16N6O/c1-23-9-12(7-21-23)15-3-2-13-14(8-20-17(13)22-15)11-6-16-18(25)19-4-5-24(16)10-11/h2-3,6-10H,4-5H2,1H3,(H,19,25)(H,20,22). The molecule has 0 aliphatic carbocycles. The lowest BCUT2D eigenvalue weighted by Crippen LogP contribution is -2.34. The minimum atomic E-state index is -0.0191. The molecule has 0 spiro atoms. The molecular formula is C18H16N6O. The second kappa shape index (κ2) is 5.07. The van der Waals surface area contributed by atoms with Gasteiger partial charge in [-0.05, 0) is 18.2 Å². The molecule has 0 fully saturated rings. The lowest BCUT2D eigenvalue weighted by Gasteiger charge is -2.14. The summed E-state index contributed by atoms with van der Waals surface area (Å²) in [6.45, 7) is 1.47. The van der Waals surface area contributed by atoms with Crippen LogP contribution >= 0.6 is 0 Å². The van der Waals surface area contributed by atoms with Crippen molar-refractivity contribution in [3.8, 4) is 22.4 Å². The molecule has 1 aliphatic rings. The van der Waals surface area contributed by atoms with E-state index in [0.29, 0.717) is 12.2 Å². The third kappa shape index (κ3) is 2.16. The van der Waals surface area contributed by atoms with Crippen molar-refractivity contribution >= 4 is 16.9 Å². The molecule has 7 nitrogen and oxygen atoms in total. The van der Waals surface area contributed by atoms with Crippen molar-refractivity contribution in [3.63, 3.8) is 0 Å². The Morgan fingerprint density at radius 1 is 1.20 bits per heavy atom. The normalized spacial score (nSPS) is 13.9. The number of hydrogen-bond acceptors (Lipinski definition) is 3. The van der Waals surface area contributed by atoms with Crippen LogP contribution in [0.1, 0.15) is 10.5 Å². The summed E-state index contributed by atoms with van der Waals surface area (Å²) in [5.41, 5.74) is 5.46. The van der Waals surface area contributed by atoms with Crippen LogP contribution < -0.4 is 5.32 Å². The van der Waals surface area contributed by atoms with Crippen LogP contribution in [0.3, 0.4) is 0 Å². The zero-order chi connectivity index (χ0) is 17.0. The third-order valence-corrected chi connectivity index (χ3v) is 4.62. The van der Waals surface area contributed by atoms with E-state index < -0.39 is 0 Å². The topological polar surface area (TPSA) is 80.5 Å². The Balaban J connectivity index is 1.60. The predicted molar refractivity (Wildman–Crippen MR) is 94.1 cm³/mol. The van der Waals surface area contributed by atoms with Crippen molar-refractivity contribution < 1.29 is 4.79 Å². The third-order valence-electron chi connectivity index (χ3n) is 4.62. The number of nitrogens with zero attached hydrogens (tertiary/aromatic N) is 4. The van der Waals surface area contributed by atoms with E-state index in [1.54, 1.807) is 10.9 Å². The molecule has 0 unspecified atom stereocenters. The summed E-state index contributed by atoms with van der Waals surface area (Å²) in [5.74, 6) is -0.0191. The molecule has 0 saturated carbocycles. The van der Waals surface area contributed by atoms with Gasteiger partial charge in [0.25, 0.3) is 5.91 Å². The summed E-state index contributed by atoms with van der Waals surface area (Å²) in [7, 11) is 1.89. The average molecular weight is 332 g/mol. The van der Waals surface area contributed by atoms with E-state index in [2.05, 4.69) is 21.5 Å². The zero-order valence-electron chi connectivity index (χ0n) is 13.7. The molecule has 4 aromatic rings. The first-order valence-corrected chi connectivity index (χ1v) is 8.15. The molecule has 5 rings (SSSR count). The van der Waals surface area contributed by atoms with Gasteiger partial charge in [0.15, 0.2) is 0 Å². The fourth-order valence-electron chi connectivity index (χ4n) is 3.37. The first kappa shape index (κ1) is 14.0. The summed E-state index contributed by atoms with van der Waals surface area (Å²) in [4.78, 5) is 19.9. The number of carbonyl (C=O) groups excluding carboxylic acids is 1. The first-order chi connectivity index (χ1) is 12.2. The highest BCUT2D eigenvalue weighted by atomic mass is 16.2. The minimum Gasteiger partial charge on any atom is -0.349 e. The Bertz CT molecular complexity index is 1120. The van der Waals surface area contributed by atoms with E-state index in [1.165, 1.54) is 0 Å². The van der Waals surface area contributed by atoms with Crippen molar-refractivity contribution in [3.05, 3.63) is 48.7 Å². The van der Waals surface area contributed by atoms with Gasteiger partial charge in [0, 0.05) is 60.8 Å². The van der Waals surface area contributed by atoms with Gasteiger partial charge in [-0.25, -0.2) is 4.98 Å². The van der Waals surface area contributed by atoms with E-state index >= 15 is 0 Å². The molecule has 0 atom stereocenters. The molecule has 25 heavy (non-hydrogen) atoms. The maximum absolute atomic E-state index is 12.0. The molecule has 2 N–H and O–H groups in total. The van der Waals surface area contributed by atoms with Crippen molar-refractivity contribution in [1.29, 1.82) is 0 Å². The van der Waals surface area contributed by atoms with E-state index in [9.17, 15) is 4.79 Å². The van der Waals surface area contributed by atoms with Gasteiger partial charge in [0.05, 0.1) is 11.9 Å². The molecule has 124 valence electrons. The summed E-state index contributed by atoms with van der Waals surface area (Å²) >= 11 is 0. The molecule has 0 radical (unpaired) electrons. The number of aryl methyl sites for hydroxylation is 1. The molecule has 5 heterocycles. The van der Waals surface area contributed by atoms with Crippen molar-refractivity contribution in [2.45, 2.75) is 6.54 Å². The molecule has 0 saturated heterocycles. The average Bonchev–Trinajstić information content (AvgIpc) is 3.31. The number of hydrogen-bond donors (Lipinski definition) is 2. The van der Waals surface area contributed by atoms with Crippen molar-refractivity contribution in [1.82, 2.24) is 29.6 Å². The predicted octanol–water partition coefficient (Wildman–Crippen LogP) is 2.18. The molecule has 4 aromatic heterocycles. The SMILES string of the molecule is Cn1cc(-c2ccc3c(-c4cc5n(c4)CCNC5=O)c[nH]c3n2)cn1. The van der Waals surface area contributed by atoms with E-state index in [0.717, 1.165) is 40.0 Å². The van der Waals surface area contributed by atoms with Crippen LogP contribution in [0.25, 0.3) is 33.4 Å². The Morgan fingerprint density at radius 2 is 2.12 bits per heavy atom. The van der Waals surface area contributed by atoms with Crippen LogP contribution in [-0.4, -0.2) is 36.8 Å². The number of aromatic amines is 1. The molecule has 1 amide bonds. The Labute approximate surface area is 143 Å². The van der Waals surface area contributed by atoms with Crippen LogP contribution in [0.4, 0.5) is 0 Å². The van der Waals surface area contributed by atoms with Gasteiger partial charge in [0.2, 0.25) is 0 Å². The monoisotopic (exact) mass is 332 g/mol. The van der Waals surface area contributed by atoms with Crippen molar-refractivity contribution in [2.75, 3.05) is 6.54 Å². The second-order valence-electron chi connectivity index (χ2n) is 6.26. The quantitative estimate of drug-likeness (QED) is 0.590. The highest BCUT2D eigenvalue weighted by molar-refractivity contribution is 5.98.